The van der Waals surface area contributed by atoms with Gasteiger partial charge in [-0.05, 0) is 53.7 Å². The summed E-state index contributed by atoms with van der Waals surface area (Å²) in [6, 6.07) is 12.2. The van der Waals surface area contributed by atoms with Crippen LogP contribution in [0.25, 0.3) is 17.5 Å². The molecule has 30 heavy (non-hydrogen) atoms. The van der Waals surface area contributed by atoms with Gasteiger partial charge < -0.3 is 14.6 Å². The van der Waals surface area contributed by atoms with E-state index in [9.17, 15) is 9.90 Å². The summed E-state index contributed by atoms with van der Waals surface area (Å²) in [6.45, 7) is 4.00. The van der Waals surface area contributed by atoms with Crippen LogP contribution in [0.1, 0.15) is 5.56 Å². The molecule has 0 amide bonds. The molecule has 3 aromatic rings. The fourth-order valence-corrected chi connectivity index (χ4v) is 3.36. The van der Waals surface area contributed by atoms with E-state index in [2.05, 4.69) is 21.8 Å². The monoisotopic (exact) mass is 443 g/mol. The van der Waals surface area contributed by atoms with Crippen molar-refractivity contribution in [2.75, 3.05) is 13.7 Å². The summed E-state index contributed by atoms with van der Waals surface area (Å²) < 4.78 is 10.7. The maximum Gasteiger partial charge on any atom is 0.342 e. The van der Waals surface area contributed by atoms with Crippen LogP contribution in [0.4, 0.5) is 0 Å². The molecule has 0 spiro atoms. The van der Waals surface area contributed by atoms with Crippen molar-refractivity contribution in [3.63, 3.8) is 0 Å². The van der Waals surface area contributed by atoms with E-state index in [1.165, 1.54) is 7.11 Å². The van der Waals surface area contributed by atoms with Crippen molar-refractivity contribution in [3.8, 4) is 22.9 Å². The standard InChI is InChI=1S/C21H18ClN3O4S/c1-3-10-29-15-7-4-13(5-8-15)11-18(20(26)27)30-21-23-19(24-25-21)16-12-14(22)6-9-17(16)28-2/h3-9,11-12H,1,10H2,2H3,(H,26,27)(H,23,24,25)/b18-11-. The molecule has 2 N–H and O–H groups in total. The summed E-state index contributed by atoms with van der Waals surface area (Å²) in [5.74, 6) is 0.578. The molecule has 1 heterocycles. The molecule has 0 aliphatic heterocycles. The Morgan fingerprint density at radius 2 is 2.07 bits per heavy atom. The molecule has 0 fully saturated rings. The third kappa shape index (κ3) is 5.43. The number of nitrogens with one attached hydrogen (secondary N) is 1. The van der Waals surface area contributed by atoms with E-state index < -0.39 is 5.97 Å². The predicted octanol–water partition coefficient (Wildman–Crippen LogP) is 4.92. The zero-order chi connectivity index (χ0) is 21.5. The highest BCUT2D eigenvalue weighted by Crippen LogP contribution is 2.33. The number of ether oxygens (including phenoxy) is 2. The Balaban J connectivity index is 1.81. The highest BCUT2D eigenvalue weighted by Gasteiger charge is 2.16. The van der Waals surface area contributed by atoms with Crippen molar-refractivity contribution >= 4 is 35.4 Å². The summed E-state index contributed by atoms with van der Waals surface area (Å²) in [4.78, 5) is 16.1. The Morgan fingerprint density at radius 3 is 2.73 bits per heavy atom. The van der Waals surface area contributed by atoms with E-state index in [0.717, 1.165) is 11.8 Å². The molecule has 0 unspecified atom stereocenters. The molecule has 0 atom stereocenters. The van der Waals surface area contributed by atoms with Crippen LogP contribution in [0.15, 0.2) is 65.2 Å². The van der Waals surface area contributed by atoms with Gasteiger partial charge in [0.05, 0.1) is 12.7 Å². The van der Waals surface area contributed by atoms with Gasteiger partial charge in [0.2, 0.25) is 5.16 Å². The molecule has 1 aromatic heterocycles. The number of halogens is 1. The molecule has 0 saturated heterocycles. The lowest BCUT2D eigenvalue weighted by atomic mass is 10.2. The molecule has 7 nitrogen and oxygen atoms in total. The average molecular weight is 444 g/mol. The van der Waals surface area contributed by atoms with Crippen molar-refractivity contribution in [3.05, 3.63) is 70.6 Å². The van der Waals surface area contributed by atoms with Gasteiger partial charge in [0.25, 0.3) is 0 Å². The van der Waals surface area contributed by atoms with E-state index in [4.69, 9.17) is 21.1 Å². The second-order valence-corrected chi connectivity index (χ2v) is 7.34. The Bertz CT molecular complexity index is 1080. The van der Waals surface area contributed by atoms with Crippen LogP contribution in [0, 0.1) is 0 Å². The summed E-state index contributed by atoms with van der Waals surface area (Å²) >= 11 is 7.00. The lowest BCUT2D eigenvalue weighted by Crippen LogP contribution is -1.97. The van der Waals surface area contributed by atoms with E-state index in [-0.39, 0.29) is 10.1 Å². The van der Waals surface area contributed by atoms with Crippen LogP contribution in [0.2, 0.25) is 5.02 Å². The molecular formula is C21H18ClN3O4S. The van der Waals surface area contributed by atoms with Gasteiger partial charge in [-0.3, -0.25) is 5.10 Å². The highest BCUT2D eigenvalue weighted by molar-refractivity contribution is 8.04. The van der Waals surface area contributed by atoms with Gasteiger partial charge in [0.15, 0.2) is 5.82 Å². The Kier molecular flexibility index (Phi) is 7.16. The summed E-state index contributed by atoms with van der Waals surface area (Å²) in [5, 5.41) is 17.3. The molecule has 154 valence electrons. The van der Waals surface area contributed by atoms with Crippen LogP contribution in [-0.2, 0) is 4.79 Å². The van der Waals surface area contributed by atoms with Gasteiger partial charge >= 0.3 is 5.97 Å². The second-order valence-electron chi connectivity index (χ2n) is 5.90. The number of aliphatic carboxylic acids is 1. The summed E-state index contributed by atoms with van der Waals surface area (Å²) in [6.07, 6.45) is 3.19. The third-order valence-corrected chi connectivity index (χ3v) is 4.95. The minimum Gasteiger partial charge on any atom is -0.496 e. The molecule has 2 aromatic carbocycles. The van der Waals surface area contributed by atoms with E-state index in [1.54, 1.807) is 54.6 Å². The number of carboxylic acids is 1. The molecule has 0 aliphatic rings. The molecular weight excluding hydrogens is 426 g/mol. The van der Waals surface area contributed by atoms with E-state index >= 15 is 0 Å². The average Bonchev–Trinajstić information content (AvgIpc) is 3.21. The number of H-pyrrole nitrogens is 1. The van der Waals surface area contributed by atoms with Crippen molar-refractivity contribution in [1.82, 2.24) is 15.2 Å². The number of hydrogen-bond donors (Lipinski definition) is 2. The van der Waals surface area contributed by atoms with Crippen molar-refractivity contribution in [1.29, 1.82) is 0 Å². The normalized spacial score (nSPS) is 11.2. The number of thioether (sulfide) groups is 1. The van der Waals surface area contributed by atoms with Gasteiger partial charge in [-0.25, -0.2) is 9.78 Å². The highest BCUT2D eigenvalue weighted by atomic mass is 35.5. The number of benzene rings is 2. The first-order valence-corrected chi connectivity index (χ1v) is 9.92. The van der Waals surface area contributed by atoms with Crippen molar-refractivity contribution in [2.24, 2.45) is 0 Å². The number of aromatic amines is 1. The Morgan fingerprint density at radius 1 is 1.30 bits per heavy atom. The number of carbonyl (C=O) groups is 1. The third-order valence-electron chi connectivity index (χ3n) is 3.84. The van der Waals surface area contributed by atoms with Crippen LogP contribution in [-0.4, -0.2) is 40.0 Å². The lowest BCUT2D eigenvalue weighted by molar-refractivity contribution is -0.131. The van der Waals surface area contributed by atoms with Gasteiger partial charge in [-0.2, -0.15) is 0 Å². The molecule has 0 saturated carbocycles. The van der Waals surface area contributed by atoms with Gasteiger partial charge in [-0.15, -0.1) is 5.10 Å². The van der Waals surface area contributed by atoms with Gasteiger partial charge in [-0.1, -0.05) is 36.4 Å². The number of hydrogen-bond acceptors (Lipinski definition) is 6. The van der Waals surface area contributed by atoms with Crippen LogP contribution >= 0.6 is 23.4 Å². The summed E-state index contributed by atoms with van der Waals surface area (Å²) in [7, 11) is 1.54. The van der Waals surface area contributed by atoms with Crippen molar-refractivity contribution < 1.29 is 19.4 Å². The maximum atomic E-state index is 11.7. The fraction of sp³-hybridized carbons (Fsp3) is 0.0952. The largest absolute Gasteiger partial charge is 0.496 e. The van der Waals surface area contributed by atoms with E-state index in [0.29, 0.717) is 40.1 Å². The lowest BCUT2D eigenvalue weighted by Gasteiger charge is -2.05. The minimum absolute atomic E-state index is 0.0679. The summed E-state index contributed by atoms with van der Waals surface area (Å²) in [5.41, 5.74) is 1.33. The first-order valence-electron chi connectivity index (χ1n) is 8.73. The number of carboxylic acid groups (broad SMARTS) is 1. The Hall–Kier alpha value is -3.23. The SMILES string of the molecule is C=CCOc1ccc(/C=C(\Sc2n[nH]c(-c3cc(Cl)ccc3OC)n2)C(=O)O)cc1. The quantitative estimate of drug-likeness (QED) is 0.275. The molecule has 3 rings (SSSR count). The van der Waals surface area contributed by atoms with E-state index in [1.807, 2.05) is 0 Å². The second kappa shape index (κ2) is 10.00. The fourth-order valence-electron chi connectivity index (χ4n) is 2.48. The van der Waals surface area contributed by atoms with Crippen LogP contribution in [0.3, 0.4) is 0 Å². The number of rotatable bonds is 9. The molecule has 0 radical (unpaired) electrons. The predicted molar refractivity (Wildman–Crippen MR) is 117 cm³/mol. The minimum atomic E-state index is -1.08. The Labute approximate surface area is 182 Å². The first-order chi connectivity index (χ1) is 14.5. The van der Waals surface area contributed by atoms with Gasteiger partial charge in [0, 0.05) is 5.02 Å². The van der Waals surface area contributed by atoms with Gasteiger partial charge in [0.1, 0.15) is 23.0 Å². The smallest absolute Gasteiger partial charge is 0.342 e. The van der Waals surface area contributed by atoms with Crippen LogP contribution in [0.5, 0.6) is 11.5 Å². The van der Waals surface area contributed by atoms with Crippen molar-refractivity contribution in [2.45, 2.75) is 5.16 Å². The number of methoxy groups -OCH3 is 1. The molecule has 9 heteroatoms. The topological polar surface area (TPSA) is 97.3 Å². The maximum absolute atomic E-state index is 11.7. The van der Waals surface area contributed by atoms with Crippen LogP contribution < -0.4 is 9.47 Å². The molecule has 0 aliphatic carbocycles. The molecule has 0 bridgehead atoms. The number of aromatic nitrogens is 3. The zero-order valence-electron chi connectivity index (χ0n) is 16.0. The zero-order valence-corrected chi connectivity index (χ0v) is 17.5. The first kappa shape index (κ1) is 21.5. The number of nitrogens with zero attached hydrogens (tertiary/aromatic N) is 2.